The smallest absolute Gasteiger partial charge is 0.240 e. The number of hydrogen-bond donors (Lipinski definition) is 1. The van der Waals surface area contributed by atoms with E-state index in [1.54, 1.807) is 5.51 Å². The topological polar surface area (TPSA) is 69.0 Å². The van der Waals surface area contributed by atoms with Crippen LogP contribution in [0.5, 0.6) is 5.75 Å². The van der Waals surface area contributed by atoms with Gasteiger partial charge in [-0.1, -0.05) is 24.3 Å². The van der Waals surface area contributed by atoms with Crippen LogP contribution < -0.4 is 10.1 Å². The Hall–Kier alpha value is -3.19. The standard InChI is InChI=1S/C22H22N4O2S/c1-3-28-17-10-8-16(9-11-17)15(2)24-21(27)12-26-20-7-5-4-6-18(20)25-22(26)19-13-29-14-23-19/h4-11,13-15H,3,12H2,1-2H3,(H,24,27)/t15-/m0/s1. The highest BCUT2D eigenvalue weighted by molar-refractivity contribution is 7.07. The lowest BCUT2D eigenvalue weighted by Crippen LogP contribution is -2.30. The van der Waals surface area contributed by atoms with Crippen LogP contribution in [0.1, 0.15) is 25.5 Å². The van der Waals surface area contributed by atoms with E-state index < -0.39 is 0 Å². The summed E-state index contributed by atoms with van der Waals surface area (Å²) >= 11 is 1.51. The second-order valence-corrected chi connectivity index (χ2v) is 7.39. The van der Waals surface area contributed by atoms with Crippen LogP contribution in [0.15, 0.2) is 59.4 Å². The number of nitrogens with zero attached hydrogens (tertiary/aromatic N) is 3. The number of hydrogen-bond acceptors (Lipinski definition) is 5. The Labute approximate surface area is 173 Å². The molecule has 0 aliphatic heterocycles. The number of nitrogens with one attached hydrogen (secondary N) is 1. The first kappa shape index (κ1) is 19.1. The van der Waals surface area contributed by atoms with Crippen molar-refractivity contribution in [2.75, 3.05) is 6.61 Å². The van der Waals surface area contributed by atoms with Crippen LogP contribution >= 0.6 is 11.3 Å². The average Bonchev–Trinajstić information content (AvgIpc) is 3.37. The van der Waals surface area contributed by atoms with Crippen molar-refractivity contribution in [3.8, 4) is 17.3 Å². The van der Waals surface area contributed by atoms with Gasteiger partial charge in [0.25, 0.3) is 0 Å². The number of aromatic nitrogens is 3. The van der Waals surface area contributed by atoms with Crippen molar-refractivity contribution in [3.63, 3.8) is 0 Å². The number of amides is 1. The van der Waals surface area contributed by atoms with E-state index >= 15 is 0 Å². The molecule has 4 aromatic rings. The van der Waals surface area contributed by atoms with Gasteiger partial charge in [0.05, 0.1) is 29.2 Å². The zero-order valence-corrected chi connectivity index (χ0v) is 17.1. The number of ether oxygens (including phenoxy) is 1. The summed E-state index contributed by atoms with van der Waals surface area (Å²) < 4.78 is 7.40. The molecule has 7 heteroatoms. The SMILES string of the molecule is CCOc1ccc([C@H](C)NC(=O)Cn2c(-c3cscn3)nc3ccccc32)cc1. The van der Waals surface area contributed by atoms with Gasteiger partial charge in [0, 0.05) is 5.38 Å². The molecule has 0 aliphatic carbocycles. The van der Waals surface area contributed by atoms with Crippen LogP contribution in [0.3, 0.4) is 0 Å². The minimum Gasteiger partial charge on any atom is -0.494 e. The van der Waals surface area contributed by atoms with Gasteiger partial charge in [0.15, 0.2) is 5.82 Å². The van der Waals surface area contributed by atoms with Crippen molar-refractivity contribution in [1.29, 1.82) is 0 Å². The molecule has 4 rings (SSSR count). The number of carbonyl (C=O) groups excluding carboxylic acids is 1. The monoisotopic (exact) mass is 406 g/mol. The van der Waals surface area contributed by atoms with Crippen molar-refractivity contribution in [3.05, 3.63) is 65.0 Å². The molecule has 2 aromatic carbocycles. The Kier molecular flexibility index (Phi) is 5.57. The first-order valence-corrected chi connectivity index (χ1v) is 10.5. The van der Waals surface area contributed by atoms with E-state index in [2.05, 4.69) is 15.3 Å². The molecule has 0 spiro atoms. The van der Waals surface area contributed by atoms with Gasteiger partial charge >= 0.3 is 0 Å². The highest BCUT2D eigenvalue weighted by Crippen LogP contribution is 2.25. The Morgan fingerprint density at radius 1 is 1.21 bits per heavy atom. The van der Waals surface area contributed by atoms with E-state index in [-0.39, 0.29) is 18.5 Å². The summed E-state index contributed by atoms with van der Waals surface area (Å²) in [6, 6.07) is 15.5. The van der Waals surface area contributed by atoms with E-state index in [1.807, 2.05) is 72.3 Å². The minimum atomic E-state index is -0.115. The third-order valence-electron chi connectivity index (χ3n) is 4.69. The largest absolute Gasteiger partial charge is 0.494 e. The molecule has 0 bridgehead atoms. The molecule has 0 radical (unpaired) electrons. The maximum atomic E-state index is 12.8. The predicted molar refractivity (Wildman–Crippen MR) is 115 cm³/mol. The van der Waals surface area contributed by atoms with Gasteiger partial charge in [0.1, 0.15) is 18.0 Å². The molecule has 2 heterocycles. The van der Waals surface area contributed by atoms with Crippen LogP contribution in [0.2, 0.25) is 0 Å². The molecule has 1 amide bonds. The Morgan fingerprint density at radius 2 is 2.00 bits per heavy atom. The Bertz CT molecular complexity index is 1100. The first-order valence-electron chi connectivity index (χ1n) is 9.51. The van der Waals surface area contributed by atoms with E-state index in [0.29, 0.717) is 12.4 Å². The van der Waals surface area contributed by atoms with Gasteiger partial charge in [0.2, 0.25) is 5.91 Å². The molecule has 29 heavy (non-hydrogen) atoms. The fraction of sp³-hybridized carbons (Fsp3) is 0.227. The fourth-order valence-electron chi connectivity index (χ4n) is 3.29. The number of carbonyl (C=O) groups is 1. The molecule has 1 atom stereocenters. The lowest BCUT2D eigenvalue weighted by Gasteiger charge is -2.16. The van der Waals surface area contributed by atoms with Crippen LogP contribution in [0.25, 0.3) is 22.6 Å². The van der Waals surface area contributed by atoms with Crippen molar-refractivity contribution in [2.45, 2.75) is 26.4 Å². The summed E-state index contributed by atoms with van der Waals surface area (Å²) in [5.74, 6) is 1.45. The molecular formula is C22H22N4O2S. The molecule has 0 aliphatic rings. The zero-order valence-electron chi connectivity index (χ0n) is 16.3. The average molecular weight is 407 g/mol. The molecule has 1 N–H and O–H groups in total. The van der Waals surface area contributed by atoms with Crippen LogP contribution in [-0.4, -0.2) is 27.0 Å². The van der Waals surface area contributed by atoms with E-state index in [0.717, 1.165) is 28.0 Å². The Balaban J connectivity index is 1.54. The quantitative estimate of drug-likeness (QED) is 0.493. The second-order valence-electron chi connectivity index (χ2n) is 6.68. The van der Waals surface area contributed by atoms with E-state index in [4.69, 9.17) is 4.74 Å². The summed E-state index contributed by atoms with van der Waals surface area (Å²) in [6.45, 7) is 4.73. The number of thiazole rings is 1. The summed E-state index contributed by atoms with van der Waals surface area (Å²) in [4.78, 5) is 21.9. The van der Waals surface area contributed by atoms with Crippen LogP contribution in [0.4, 0.5) is 0 Å². The lowest BCUT2D eigenvalue weighted by atomic mass is 10.1. The van der Waals surface area contributed by atoms with Gasteiger partial charge in [-0.2, -0.15) is 0 Å². The molecule has 148 valence electrons. The highest BCUT2D eigenvalue weighted by Gasteiger charge is 2.17. The predicted octanol–water partition coefficient (Wildman–Crippen LogP) is 4.44. The number of benzene rings is 2. The third kappa shape index (κ3) is 4.14. The van der Waals surface area contributed by atoms with Gasteiger partial charge < -0.3 is 14.6 Å². The van der Waals surface area contributed by atoms with Gasteiger partial charge in [-0.15, -0.1) is 11.3 Å². The summed E-state index contributed by atoms with van der Waals surface area (Å²) in [7, 11) is 0. The van der Waals surface area contributed by atoms with Gasteiger partial charge in [-0.25, -0.2) is 9.97 Å². The fourth-order valence-corrected chi connectivity index (χ4v) is 3.82. The molecule has 6 nitrogen and oxygen atoms in total. The number of fused-ring (bicyclic) bond motifs is 1. The van der Waals surface area contributed by atoms with E-state index in [1.165, 1.54) is 11.3 Å². The molecular weight excluding hydrogens is 384 g/mol. The summed E-state index contributed by atoms with van der Waals surface area (Å²) in [5.41, 5.74) is 5.34. The number of rotatable bonds is 7. The zero-order chi connectivity index (χ0) is 20.2. The first-order chi connectivity index (χ1) is 14.2. The maximum absolute atomic E-state index is 12.8. The summed E-state index contributed by atoms with van der Waals surface area (Å²) in [5, 5.41) is 5.02. The second kappa shape index (κ2) is 8.45. The number of imidazole rings is 1. The molecule has 0 saturated heterocycles. The van der Waals surface area contributed by atoms with Crippen LogP contribution in [-0.2, 0) is 11.3 Å². The highest BCUT2D eigenvalue weighted by atomic mass is 32.1. The number of para-hydroxylation sites is 2. The van der Waals surface area contributed by atoms with Gasteiger partial charge in [-0.05, 0) is 43.7 Å². The molecule has 0 saturated carbocycles. The van der Waals surface area contributed by atoms with Crippen molar-refractivity contribution in [1.82, 2.24) is 19.9 Å². The summed E-state index contributed by atoms with van der Waals surface area (Å²) in [6.07, 6.45) is 0. The normalized spacial score (nSPS) is 12.1. The van der Waals surface area contributed by atoms with Crippen molar-refractivity contribution < 1.29 is 9.53 Å². The van der Waals surface area contributed by atoms with Gasteiger partial charge in [-0.3, -0.25) is 4.79 Å². The van der Waals surface area contributed by atoms with Crippen LogP contribution in [0, 0.1) is 0 Å². The third-order valence-corrected chi connectivity index (χ3v) is 5.27. The molecule has 0 fully saturated rings. The van der Waals surface area contributed by atoms with Crippen molar-refractivity contribution >= 4 is 28.3 Å². The molecule has 2 aromatic heterocycles. The Morgan fingerprint density at radius 3 is 2.72 bits per heavy atom. The lowest BCUT2D eigenvalue weighted by molar-refractivity contribution is -0.122. The minimum absolute atomic E-state index is 0.0778. The molecule has 0 unspecified atom stereocenters. The van der Waals surface area contributed by atoms with E-state index in [9.17, 15) is 4.79 Å². The van der Waals surface area contributed by atoms with Crippen molar-refractivity contribution in [2.24, 2.45) is 0 Å². The maximum Gasteiger partial charge on any atom is 0.240 e.